The van der Waals surface area contributed by atoms with Crippen molar-refractivity contribution in [3.63, 3.8) is 0 Å². The van der Waals surface area contributed by atoms with Gasteiger partial charge in [0.2, 0.25) is 0 Å². The smallest absolute Gasteiger partial charge is 0.339 e. The Morgan fingerprint density at radius 1 is 1.04 bits per heavy atom. The van der Waals surface area contributed by atoms with Gasteiger partial charge in [0.25, 0.3) is 5.91 Å². The molecule has 0 fully saturated rings. The summed E-state index contributed by atoms with van der Waals surface area (Å²) >= 11 is 7.13. The first kappa shape index (κ1) is 18.1. The summed E-state index contributed by atoms with van der Waals surface area (Å²) in [5.41, 5.74) is 1.72. The van der Waals surface area contributed by atoms with E-state index in [1.54, 1.807) is 41.8 Å². The lowest BCUT2D eigenvalue weighted by atomic mass is 10.1. The number of fused-ring (bicyclic) bond motifs is 1. The van der Waals surface area contributed by atoms with Crippen molar-refractivity contribution in [3.8, 4) is 10.4 Å². The molecule has 0 saturated heterocycles. The molecule has 2 aromatic carbocycles. The molecule has 0 aliphatic rings. The quantitative estimate of drug-likeness (QED) is 0.496. The van der Waals surface area contributed by atoms with Crippen molar-refractivity contribution in [2.75, 3.05) is 5.32 Å². The minimum Gasteiger partial charge on any atom is -0.478 e. The van der Waals surface area contributed by atoms with Crippen molar-refractivity contribution in [1.82, 2.24) is 10.2 Å². The van der Waals surface area contributed by atoms with Crippen LogP contribution in [-0.4, -0.2) is 27.2 Å². The van der Waals surface area contributed by atoms with E-state index in [2.05, 4.69) is 15.5 Å². The fourth-order valence-corrected chi connectivity index (χ4v) is 3.88. The molecule has 0 atom stereocenters. The van der Waals surface area contributed by atoms with Crippen molar-refractivity contribution in [3.05, 3.63) is 76.3 Å². The van der Waals surface area contributed by atoms with Crippen LogP contribution in [0.3, 0.4) is 0 Å². The Morgan fingerprint density at radius 2 is 1.79 bits per heavy atom. The van der Waals surface area contributed by atoms with Crippen LogP contribution in [0.25, 0.3) is 21.3 Å². The van der Waals surface area contributed by atoms with Crippen molar-refractivity contribution in [1.29, 1.82) is 0 Å². The number of benzene rings is 2. The topological polar surface area (TPSA) is 92.2 Å². The molecule has 4 rings (SSSR count). The van der Waals surface area contributed by atoms with E-state index < -0.39 is 11.9 Å². The van der Waals surface area contributed by atoms with Crippen LogP contribution in [0.5, 0.6) is 0 Å². The van der Waals surface area contributed by atoms with E-state index in [4.69, 9.17) is 11.6 Å². The number of amides is 1. The van der Waals surface area contributed by atoms with Gasteiger partial charge in [0, 0.05) is 15.8 Å². The van der Waals surface area contributed by atoms with Crippen LogP contribution < -0.4 is 5.32 Å². The Kier molecular flexibility index (Phi) is 4.77. The molecule has 28 heavy (non-hydrogen) atoms. The van der Waals surface area contributed by atoms with Gasteiger partial charge in [-0.05, 0) is 29.8 Å². The lowest BCUT2D eigenvalue weighted by molar-refractivity contribution is 0.0699. The molecule has 0 unspecified atom stereocenters. The number of carbonyl (C=O) groups excluding carboxylic acids is 1. The number of carboxylic acid groups (broad SMARTS) is 1. The second-order valence-electron chi connectivity index (χ2n) is 5.91. The Bertz CT molecular complexity index is 1210. The van der Waals surface area contributed by atoms with E-state index in [1.165, 1.54) is 11.3 Å². The van der Waals surface area contributed by atoms with Gasteiger partial charge in [-0.15, -0.1) is 21.5 Å². The summed E-state index contributed by atoms with van der Waals surface area (Å²) in [7, 11) is 0. The van der Waals surface area contributed by atoms with E-state index >= 15 is 0 Å². The number of carboxylic acids is 1. The molecule has 2 N–H and O–H groups in total. The molecular formula is C20H12ClN3O3S. The summed E-state index contributed by atoms with van der Waals surface area (Å²) in [6, 6.07) is 15.8. The number of aromatic nitrogens is 2. The largest absolute Gasteiger partial charge is 0.478 e. The molecule has 0 aliphatic heterocycles. The first-order chi connectivity index (χ1) is 13.5. The van der Waals surface area contributed by atoms with E-state index in [0.717, 1.165) is 5.39 Å². The first-order valence-electron chi connectivity index (χ1n) is 8.17. The van der Waals surface area contributed by atoms with Crippen LogP contribution >= 0.6 is 22.9 Å². The van der Waals surface area contributed by atoms with E-state index in [-0.39, 0.29) is 16.9 Å². The average Bonchev–Trinajstić information content (AvgIpc) is 3.12. The van der Waals surface area contributed by atoms with Gasteiger partial charge in [-0.2, -0.15) is 0 Å². The Hall–Kier alpha value is -3.29. The molecule has 8 heteroatoms. The van der Waals surface area contributed by atoms with Gasteiger partial charge in [-0.25, -0.2) is 4.79 Å². The summed E-state index contributed by atoms with van der Waals surface area (Å²) in [4.78, 5) is 25.0. The van der Waals surface area contributed by atoms with E-state index in [9.17, 15) is 14.7 Å². The van der Waals surface area contributed by atoms with Crippen LogP contribution in [-0.2, 0) is 0 Å². The van der Waals surface area contributed by atoms with Gasteiger partial charge in [0.05, 0.1) is 16.1 Å². The maximum Gasteiger partial charge on any atom is 0.339 e. The SMILES string of the molecule is O=C(Nc1csc(-c2ccc(Cl)cc2)c1C(=O)O)c1cc2ccccc2nn1. The zero-order chi connectivity index (χ0) is 19.7. The van der Waals surface area contributed by atoms with Gasteiger partial charge in [-0.3, -0.25) is 4.79 Å². The maximum absolute atomic E-state index is 12.6. The number of hydrogen-bond donors (Lipinski definition) is 2. The number of nitrogens with zero attached hydrogens (tertiary/aromatic N) is 2. The molecular weight excluding hydrogens is 398 g/mol. The minimum absolute atomic E-state index is 0.0226. The van der Waals surface area contributed by atoms with Crippen LogP contribution in [0.2, 0.25) is 5.02 Å². The molecule has 0 bridgehead atoms. The molecule has 2 aromatic heterocycles. The molecule has 138 valence electrons. The Balaban J connectivity index is 1.68. The summed E-state index contributed by atoms with van der Waals surface area (Å²) in [5, 5.41) is 23.2. The number of halogens is 1. The van der Waals surface area contributed by atoms with Crippen LogP contribution in [0, 0.1) is 0 Å². The second kappa shape index (κ2) is 7.38. The molecule has 2 heterocycles. The molecule has 0 aliphatic carbocycles. The highest BCUT2D eigenvalue weighted by Crippen LogP contribution is 2.36. The second-order valence-corrected chi connectivity index (χ2v) is 7.22. The standard InChI is InChI=1S/C20H12ClN3O3S/c21-13-7-5-11(6-8-13)18-17(20(26)27)16(10-28-18)22-19(25)15-9-12-3-1-2-4-14(12)23-24-15/h1-10H,(H,22,25)(H,26,27). The zero-order valence-corrected chi connectivity index (χ0v) is 15.8. The number of carbonyl (C=O) groups is 2. The third-order valence-corrected chi connectivity index (χ3v) is 5.37. The van der Waals surface area contributed by atoms with Gasteiger partial charge in [0.15, 0.2) is 5.69 Å². The number of thiophene rings is 1. The lowest BCUT2D eigenvalue weighted by Crippen LogP contribution is -2.16. The third-order valence-electron chi connectivity index (χ3n) is 4.09. The highest BCUT2D eigenvalue weighted by molar-refractivity contribution is 7.14. The normalized spacial score (nSPS) is 10.8. The van der Waals surface area contributed by atoms with Gasteiger partial charge < -0.3 is 10.4 Å². The van der Waals surface area contributed by atoms with Gasteiger partial charge in [0.1, 0.15) is 5.56 Å². The maximum atomic E-state index is 12.6. The number of hydrogen-bond acceptors (Lipinski definition) is 5. The van der Waals surface area contributed by atoms with Crippen molar-refractivity contribution in [2.24, 2.45) is 0 Å². The fraction of sp³-hybridized carbons (Fsp3) is 0. The van der Waals surface area contributed by atoms with E-state index in [0.29, 0.717) is 21.0 Å². The number of rotatable bonds is 4. The number of nitrogens with one attached hydrogen (secondary N) is 1. The van der Waals surface area contributed by atoms with Crippen LogP contribution in [0.15, 0.2) is 60.0 Å². The number of anilines is 1. The molecule has 4 aromatic rings. The van der Waals surface area contributed by atoms with Crippen molar-refractivity contribution < 1.29 is 14.7 Å². The highest BCUT2D eigenvalue weighted by Gasteiger charge is 2.22. The fourth-order valence-electron chi connectivity index (χ4n) is 2.76. The van der Waals surface area contributed by atoms with Gasteiger partial charge >= 0.3 is 5.97 Å². The predicted octanol–water partition coefficient (Wildman–Crippen LogP) is 4.96. The Labute approximate surface area is 168 Å². The van der Waals surface area contributed by atoms with Crippen molar-refractivity contribution in [2.45, 2.75) is 0 Å². The average molecular weight is 410 g/mol. The monoisotopic (exact) mass is 409 g/mol. The molecule has 0 spiro atoms. The molecule has 0 radical (unpaired) electrons. The summed E-state index contributed by atoms with van der Waals surface area (Å²) < 4.78 is 0. The summed E-state index contributed by atoms with van der Waals surface area (Å²) in [5.74, 6) is -1.66. The highest BCUT2D eigenvalue weighted by atomic mass is 35.5. The minimum atomic E-state index is -1.13. The zero-order valence-electron chi connectivity index (χ0n) is 14.2. The lowest BCUT2D eigenvalue weighted by Gasteiger charge is -2.06. The molecule has 0 saturated carbocycles. The summed E-state index contributed by atoms with van der Waals surface area (Å²) in [6.07, 6.45) is 0. The van der Waals surface area contributed by atoms with Crippen LogP contribution in [0.1, 0.15) is 20.8 Å². The van der Waals surface area contributed by atoms with Crippen molar-refractivity contribution >= 4 is 51.4 Å². The first-order valence-corrected chi connectivity index (χ1v) is 9.43. The third kappa shape index (κ3) is 3.45. The van der Waals surface area contributed by atoms with Gasteiger partial charge in [-0.1, -0.05) is 41.9 Å². The number of aromatic carboxylic acids is 1. The Morgan fingerprint density at radius 3 is 2.54 bits per heavy atom. The molecule has 6 nitrogen and oxygen atoms in total. The van der Waals surface area contributed by atoms with E-state index in [1.807, 2.05) is 18.2 Å². The molecule has 1 amide bonds. The summed E-state index contributed by atoms with van der Waals surface area (Å²) in [6.45, 7) is 0. The van der Waals surface area contributed by atoms with Crippen LogP contribution in [0.4, 0.5) is 5.69 Å². The predicted molar refractivity (Wildman–Crippen MR) is 109 cm³/mol.